The minimum absolute atomic E-state index is 0.0837. The first-order valence-electron chi connectivity index (χ1n) is 6.13. The van der Waals surface area contributed by atoms with Crippen LogP contribution in [0, 0.1) is 17.0 Å². The normalized spacial score (nSPS) is 11.8. The van der Waals surface area contributed by atoms with Gasteiger partial charge in [0, 0.05) is 18.2 Å². The van der Waals surface area contributed by atoms with Crippen molar-refractivity contribution in [2.45, 2.75) is 18.2 Å². The second-order valence-electron chi connectivity index (χ2n) is 4.76. The van der Waals surface area contributed by atoms with Gasteiger partial charge in [0.05, 0.1) is 9.82 Å². The first-order chi connectivity index (χ1) is 9.24. The molecule has 0 radical (unpaired) electrons. The molecule has 0 saturated carbocycles. The number of hydrogen-bond acceptors (Lipinski definition) is 5. The van der Waals surface area contributed by atoms with Gasteiger partial charge in [0.1, 0.15) is 0 Å². The molecule has 0 heterocycles. The van der Waals surface area contributed by atoms with Crippen LogP contribution in [0.15, 0.2) is 23.1 Å². The van der Waals surface area contributed by atoms with E-state index < -0.39 is 14.9 Å². The smallest absolute Gasteiger partial charge is 0.273 e. The molecular weight excluding hydrogens is 282 g/mol. The third-order valence-corrected chi connectivity index (χ3v) is 4.22. The van der Waals surface area contributed by atoms with Crippen molar-refractivity contribution in [2.24, 2.45) is 0 Å². The van der Waals surface area contributed by atoms with Crippen molar-refractivity contribution in [3.63, 3.8) is 0 Å². The van der Waals surface area contributed by atoms with Gasteiger partial charge in [-0.25, -0.2) is 13.1 Å². The van der Waals surface area contributed by atoms with Crippen LogP contribution in [0.3, 0.4) is 0 Å². The zero-order valence-electron chi connectivity index (χ0n) is 11.8. The molecule has 7 nitrogen and oxygen atoms in total. The molecule has 0 aliphatic carbocycles. The predicted octanol–water partition coefficient (Wildman–Crippen LogP) is 1.13. The molecule has 0 amide bonds. The fourth-order valence-corrected chi connectivity index (χ4v) is 2.73. The Labute approximate surface area is 118 Å². The van der Waals surface area contributed by atoms with Crippen LogP contribution in [0.1, 0.15) is 12.0 Å². The van der Waals surface area contributed by atoms with Crippen molar-refractivity contribution in [3.05, 3.63) is 33.9 Å². The Kier molecular flexibility index (Phi) is 5.61. The van der Waals surface area contributed by atoms with Gasteiger partial charge >= 0.3 is 0 Å². The lowest BCUT2D eigenvalue weighted by atomic mass is 10.2. The summed E-state index contributed by atoms with van der Waals surface area (Å²) in [4.78, 5) is 12.1. The maximum Gasteiger partial charge on any atom is 0.273 e. The van der Waals surface area contributed by atoms with Crippen LogP contribution in [0.25, 0.3) is 0 Å². The third kappa shape index (κ3) is 4.55. The zero-order valence-corrected chi connectivity index (χ0v) is 12.6. The maximum atomic E-state index is 12.0. The highest BCUT2D eigenvalue weighted by Crippen LogP contribution is 2.21. The Bertz CT molecular complexity index is 584. The summed E-state index contributed by atoms with van der Waals surface area (Å²) < 4.78 is 26.5. The molecule has 0 bridgehead atoms. The number of hydrogen-bond donors (Lipinski definition) is 1. The van der Waals surface area contributed by atoms with E-state index in [0.29, 0.717) is 18.5 Å². The van der Waals surface area contributed by atoms with Gasteiger partial charge in [-0.1, -0.05) is 6.07 Å². The highest BCUT2D eigenvalue weighted by molar-refractivity contribution is 7.89. The van der Waals surface area contributed by atoms with Crippen LogP contribution in [0.4, 0.5) is 5.69 Å². The quantitative estimate of drug-likeness (QED) is 0.463. The van der Waals surface area contributed by atoms with Crippen LogP contribution >= 0.6 is 0 Å². The van der Waals surface area contributed by atoms with E-state index >= 15 is 0 Å². The van der Waals surface area contributed by atoms with Crippen molar-refractivity contribution in [1.29, 1.82) is 0 Å². The largest absolute Gasteiger partial charge is 0.309 e. The van der Waals surface area contributed by atoms with Crippen molar-refractivity contribution in [2.75, 3.05) is 27.2 Å². The molecule has 0 aromatic heterocycles. The number of benzene rings is 1. The summed E-state index contributed by atoms with van der Waals surface area (Å²) in [5, 5.41) is 10.8. The Morgan fingerprint density at radius 2 is 2.00 bits per heavy atom. The lowest BCUT2D eigenvalue weighted by Gasteiger charge is -2.10. The predicted molar refractivity (Wildman–Crippen MR) is 76.2 cm³/mol. The van der Waals surface area contributed by atoms with E-state index in [1.807, 2.05) is 19.0 Å². The first-order valence-corrected chi connectivity index (χ1v) is 7.62. The number of sulfonamides is 1. The molecule has 0 saturated heterocycles. The molecule has 0 aliphatic rings. The lowest BCUT2D eigenvalue weighted by Crippen LogP contribution is -2.27. The van der Waals surface area contributed by atoms with Gasteiger partial charge in [-0.05, 0) is 40.1 Å². The van der Waals surface area contributed by atoms with Crippen LogP contribution < -0.4 is 4.72 Å². The molecule has 112 valence electrons. The number of nitrogens with zero attached hydrogens (tertiary/aromatic N) is 2. The van der Waals surface area contributed by atoms with Crippen LogP contribution in [0.2, 0.25) is 0 Å². The van der Waals surface area contributed by atoms with E-state index in [1.54, 1.807) is 6.92 Å². The molecule has 0 fully saturated rings. The van der Waals surface area contributed by atoms with Crippen LogP contribution in [-0.2, 0) is 10.0 Å². The van der Waals surface area contributed by atoms with E-state index in [0.717, 1.165) is 12.6 Å². The molecule has 0 unspecified atom stereocenters. The number of nitro groups is 1. The van der Waals surface area contributed by atoms with Gasteiger partial charge < -0.3 is 4.90 Å². The Morgan fingerprint density at radius 3 is 2.55 bits per heavy atom. The van der Waals surface area contributed by atoms with Gasteiger partial charge in [0.2, 0.25) is 10.0 Å². The number of rotatable bonds is 7. The summed E-state index contributed by atoms with van der Waals surface area (Å²) in [6.45, 7) is 2.62. The summed E-state index contributed by atoms with van der Waals surface area (Å²) >= 11 is 0. The first kappa shape index (κ1) is 16.5. The van der Waals surface area contributed by atoms with Crippen LogP contribution in [0.5, 0.6) is 0 Å². The van der Waals surface area contributed by atoms with E-state index in [2.05, 4.69) is 4.72 Å². The van der Waals surface area contributed by atoms with Crippen molar-refractivity contribution in [3.8, 4) is 0 Å². The molecule has 1 aromatic carbocycles. The second kappa shape index (κ2) is 6.78. The lowest BCUT2D eigenvalue weighted by molar-refractivity contribution is -0.385. The van der Waals surface area contributed by atoms with Crippen molar-refractivity contribution in [1.82, 2.24) is 9.62 Å². The molecule has 1 N–H and O–H groups in total. The summed E-state index contributed by atoms with van der Waals surface area (Å²) in [5.41, 5.74) is 0.239. The molecule has 0 atom stereocenters. The average Bonchev–Trinajstić information content (AvgIpc) is 2.34. The Morgan fingerprint density at radius 1 is 1.35 bits per heavy atom. The fraction of sp³-hybridized carbons (Fsp3) is 0.500. The summed E-state index contributed by atoms with van der Waals surface area (Å²) in [6.07, 6.45) is 0.667. The molecule has 0 spiro atoms. The van der Waals surface area contributed by atoms with Gasteiger partial charge in [-0.3, -0.25) is 10.1 Å². The fourth-order valence-electron chi connectivity index (χ4n) is 1.64. The monoisotopic (exact) mass is 301 g/mol. The molecule has 0 aliphatic heterocycles. The topological polar surface area (TPSA) is 92.6 Å². The minimum atomic E-state index is -3.70. The standard InChI is InChI=1S/C12H19N3O4S/c1-10-5-6-11(9-12(10)15(16)17)20(18,19)13-7-4-8-14(2)3/h5-6,9,13H,4,7-8H2,1-3H3. The van der Waals surface area contributed by atoms with Crippen LogP contribution in [-0.4, -0.2) is 45.4 Å². The summed E-state index contributed by atoms with van der Waals surface area (Å²) in [6, 6.07) is 3.90. The number of aryl methyl sites for hydroxylation is 1. The van der Waals surface area contributed by atoms with Gasteiger partial charge in [0.15, 0.2) is 0 Å². The van der Waals surface area contributed by atoms with E-state index in [4.69, 9.17) is 0 Å². The third-order valence-electron chi connectivity index (χ3n) is 2.76. The van der Waals surface area contributed by atoms with Gasteiger partial charge in [0.25, 0.3) is 5.69 Å². The van der Waals surface area contributed by atoms with E-state index in [1.165, 1.54) is 12.1 Å². The summed E-state index contributed by atoms with van der Waals surface area (Å²) in [7, 11) is 0.0973. The summed E-state index contributed by atoms with van der Waals surface area (Å²) in [5.74, 6) is 0. The molecule has 1 rings (SSSR count). The Hall–Kier alpha value is -1.51. The van der Waals surface area contributed by atoms with E-state index in [9.17, 15) is 18.5 Å². The molecule has 20 heavy (non-hydrogen) atoms. The van der Waals surface area contributed by atoms with Crippen molar-refractivity contribution >= 4 is 15.7 Å². The zero-order chi connectivity index (χ0) is 15.3. The second-order valence-corrected chi connectivity index (χ2v) is 6.53. The molecular formula is C12H19N3O4S. The minimum Gasteiger partial charge on any atom is -0.309 e. The average molecular weight is 301 g/mol. The van der Waals surface area contributed by atoms with E-state index in [-0.39, 0.29) is 10.6 Å². The van der Waals surface area contributed by atoms with Crippen molar-refractivity contribution < 1.29 is 13.3 Å². The molecule has 8 heteroatoms. The molecule has 1 aromatic rings. The van der Waals surface area contributed by atoms with Gasteiger partial charge in [-0.2, -0.15) is 0 Å². The highest BCUT2D eigenvalue weighted by Gasteiger charge is 2.19. The number of nitro benzene ring substituents is 1. The number of nitrogens with one attached hydrogen (secondary N) is 1. The van der Waals surface area contributed by atoms with Gasteiger partial charge in [-0.15, -0.1) is 0 Å². The SMILES string of the molecule is Cc1ccc(S(=O)(=O)NCCCN(C)C)cc1[N+](=O)[O-]. The Balaban J connectivity index is 2.82. The maximum absolute atomic E-state index is 12.0. The highest BCUT2D eigenvalue weighted by atomic mass is 32.2.